The molecular weight excluding hydrogens is 245 g/mol. The summed E-state index contributed by atoms with van der Waals surface area (Å²) < 4.78 is 3.79. The van der Waals surface area contributed by atoms with Gasteiger partial charge in [-0.2, -0.15) is 42.3 Å². The summed E-state index contributed by atoms with van der Waals surface area (Å²) in [5.74, 6) is 0. The van der Waals surface area contributed by atoms with E-state index in [4.69, 9.17) is 0 Å². The Hall–Kier alpha value is 0.420. The molecule has 5 heteroatoms. The summed E-state index contributed by atoms with van der Waals surface area (Å²) in [4.78, 5) is 0. The molecule has 0 unspecified atom stereocenters. The third kappa shape index (κ3) is 669. The fourth-order valence-electron chi connectivity index (χ4n) is 0. The van der Waals surface area contributed by atoms with Crippen LogP contribution in [0.5, 0.6) is 0 Å². The summed E-state index contributed by atoms with van der Waals surface area (Å²) in [5.41, 5.74) is 0. The summed E-state index contributed by atoms with van der Waals surface area (Å²) in [5, 5.41) is 10.5. The molecule has 13 heavy (non-hydrogen) atoms. The van der Waals surface area contributed by atoms with Gasteiger partial charge in [0, 0.05) is 0 Å². The average molecular weight is 268 g/mol. The topological polar surface area (TPSA) is 54.7 Å². The quantitative estimate of drug-likeness (QED) is 0.656. The molecule has 0 aromatic heterocycles. The zero-order valence-electron chi connectivity index (χ0n) is 9.94. The van der Waals surface area contributed by atoms with Crippen LogP contribution in [0.25, 0.3) is 16.0 Å². The molecule has 0 heterocycles. The van der Waals surface area contributed by atoms with E-state index in [9.17, 15) is 0 Å². The molecule has 0 amide bonds. The van der Waals surface area contributed by atoms with Crippen LogP contribution >= 0.6 is 0 Å². The molecular formula is C8H23N4Nb-3. The molecule has 0 atom stereocenters. The number of hydrogen-bond donors (Lipinski definition) is 0. The Kier molecular flexibility index (Phi) is 98.9. The second kappa shape index (κ2) is 55.1. The van der Waals surface area contributed by atoms with E-state index >= 15 is 0 Å². The molecule has 0 spiro atoms. The van der Waals surface area contributed by atoms with Gasteiger partial charge in [0.1, 0.15) is 0 Å². The largest absolute Gasteiger partial charge is 0.668 e. The van der Waals surface area contributed by atoms with Gasteiger partial charge in [0.05, 0.1) is 0 Å². The first-order chi connectivity index (χ1) is 6.16. The van der Waals surface area contributed by atoms with Gasteiger partial charge in [0.25, 0.3) is 0 Å². The zero-order chi connectivity index (χ0) is 11.5. The molecule has 0 saturated carbocycles. The van der Waals surface area contributed by atoms with Crippen molar-refractivity contribution in [1.29, 1.82) is 0 Å². The fourth-order valence-corrected chi connectivity index (χ4v) is 0. The van der Waals surface area contributed by atoms with Crippen molar-refractivity contribution in [1.82, 2.24) is 0 Å². The average Bonchev–Trinajstić information content (AvgIpc) is 2.08. The van der Waals surface area contributed by atoms with E-state index in [0.717, 1.165) is 6.54 Å². The van der Waals surface area contributed by atoms with Crippen LogP contribution < -0.4 is 0 Å². The number of nitrogens with zero attached hydrogens (tertiary/aromatic N) is 4. The molecule has 0 saturated heterocycles. The van der Waals surface area contributed by atoms with Crippen LogP contribution in [0.2, 0.25) is 0 Å². The predicted octanol–water partition coefficient (Wildman–Crippen LogP) is 2.60. The summed E-state index contributed by atoms with van der Waals surface area (Å²) >= 11 is 1.52. The predicted molar refractivity (Wildman–Crippen MR) is 58.6 cm³/mol. The van der Waals surface area contributed by atoms with Gasteiger partial charge in [-0.15, -0.1) is 0 Å². The monoisotopic (exact) mass is 268 g/mol. The van der Waals surface area contributed by atoms with E-state index in [1.807, 2.05) is 6.92 Å². The van der Waals surface area contributed by atoms with Crippen molar-refractivity contribution >= 4 is 0 Å². The number of hydrogen-bond acceptors (Lipinski definition) is 1. The third-order valence-electron chi connectivity index (χ3n) is 0.141. The number of rotatable bonds is 1. The van der Waals surface area contributed by atoms with E-state index in [1.165, 1.54) is 20.9 Å². The second-order valence-electron chi connectivity index (χ2n) is 1.80. The van der Waals surface area contributed by atoms with Crippen molar-refractivity contribution in [2.24, 2.45) is 3.34 Å². The first kappa shape index (κ1) is 23.3. The maximum absolute atomic E-state index is 3.79. The van der Waals surface area contributed by atoms with E-state index < -0.39 is 0 Å². The van der Waals surface area contributed by atoms with Crippen LogP contribution in [0.3, 0.4) is 0 Å². The van der Waals surface area contributed by atoms with Crippen LogP contribution in [0.4, 0.5) is 0 Å². The third-order valence-corrected chi connectivity index (χ3v) is 0.837. The zero-order valence-corrected chi connectivity index (χ0v) is 12.1. The van der Waals surface area contributed by atoms with Crippen molar-refractivity contribution in [3.05, 3.63) is 16.0 Å². The normalized spacial score (nSPS) is 6.00. The second-order valence-corrected chi connectivity index (χ2v) is 2.49. The van der Waals surface area contributed by atoms with Gasteiger partial charge < -0.3 is 16.0 Å². The molecule has 4 nitrogen and oxygen atoms in total. The van der Waals surface area contributed by atoms with Crippen molar-refractivity contribution in [2.45, 2.75) is 6.92 Å². The van der Waals surface area contributed by atoms with Crippen LogP contribution in [0, 0.1) is 0 Å². The molecule has 0 N–H and O–H groups in total. The van der Waals surface area contributed by atoms with Crippen LogP contribution in [0.15, 0.2) is 3.34 Å². The van der Waals surface area contributed by atoms with Crippen LogP contribution in [-0.2, 0) is 20.9 Å². The van der Waals surface area contributed by atoms with Gasteiger partial charge in [-0.3, -0.25) is 0 Å². The molecule has 0 aliphatic carbocycles. The molecule has 0 aliphatic heterocycles. The van der Waals surface area contributed by atoms with Crippen molar-refractivity contribution < 1.29 is 20.9 Å². The maximum Gasteiger partial charge on any atom is -0.162 e. The first-order valence-electron chi connectivity index (χ1n) is 3.91. The maximum atomic E-state index is 3.79. The smallest absolute Gasteiger partial charge is 0.162 e. The standard InChI is InChI=1S/3C2H6N.C2H5N.Nb/c3*1-3-2;1-2-3;/h3*1-2H3;2H2,1H3;/q3*-1;;. The molecule has 0 rings (SSSR count). The van der Waals surface area contributed by atoms with Gasteiger partial charge in [0.2, 0.25) is 0 Å². The van der Waals surface area contributed by atoms with E-state index in [2.05, 4.69) is 19.3 Å². The SMILES string of the molecule is CC[N]=[Nb].C[N-]C.C[N-]C.C[N-]C. The van der Waals surface area contributed by atoms with Crippen LogP contribution in [-0.4, -0.2) is 48.8 Å². The molecule has 0 aromatic carbocycles. The van der Waals surface area contributed by atoms with E-state index in [0.29, 0.717) is 0 Å². The van der Waals surface area contributed by atoms with Gasteiger partial charge in [-0.1, -0.05) is 0 Å². The Balaban J connectivity index is -0.0000000420. The first-order valence-corrected chi connectivity index (χ1v) is 4.89. The van der Waals surface area contributed by atoms with Gasteiger partial charge >= 0.3 is 37.7 Å². The Morgan fingerprint density at radius 2 is 0.923 bits per heavy atom. The molecule has 0 aliphatic rings. The summed E-state index contributed by atoms with van der Waals surface area (Å²) in [7, 11) is 10.5. The minimum absolute atomic E-state index is 0.967. The minimum Gasteiger partial charge on any atom is -0.668 e. The van der Waals surface area contributed by atoms with E-state index in [1.54, 1.807) is 42.3 Å². The van der Waals surface area contributed by atoms with Gasteiger partial charge in [0.15, 0.2) is 0 Å². The minimum atomic E-state index is 0.967. The van der Waals surface area contributed by atoms with Crippen molar-refractivity contribution in [2.75, 3.05) is 48.8 Å². The van der Waals surface area contributed by atoms with Gasteiger partial charge in [-0.25, -0.2) is 0 Å². The molecule has 0 fully saturated rings. The molecule has 83 valence electrons. The molecule has 0 aromatic rings. The Labute approximate surface area is 96.0 Å². The van der Waals surface area contributed by atoms with Crippen LogP contribution in [0.1, 0.15) is 6.92 Å². The molecule has 0 bridgehead atoms. The Bertz CT molecular complexity index is 48.7. The van der Waals surface area contributed by atoms with Crippen molar-refractivity contribution in [3.8, 4) is 0 Å². The Morgan fingerprint density at radius 1 is 0.846 bits per heavy atom. The van der Waals surface area contributed by atoms with Gasteiger partial charge in [-0.05, 0) is 0 Å². The summed E-state index contributed by atoms with van der Waals surface area (Å²) in [6.07, 6.45) is 0. The van der Waals surface area contributed by atoms with Crippen molar-refractivity contribution in [3.63, 3.8) is 0 Å². The van der Waals surface area contributed by atoms with E-state index in [-0.39, 0.29) is 0 Å². The fraction of sp³-hybridized carbons (Fsp3) is 1.00. The Morgan fingerprint density at radius 3 is 0.923 bits per heavy atom. The summed E-state index contributed by atoms with van der Waals surface area (Å²) in [6.45, 7) is 2.99. The summed E-state index contributed by atoms with van der Waals surface area (Å²) in [6, 6.07) is 0. The molecule has 0 radical (unpaired) electrons.